The minimum Gasteiger partial charge on any atom is -0.465 e. The van der Waals surface area contributed by atoms with Gasteiger partial charge in [0.15, 0.2) is 0 Å². The lowest BCUT2D eigenvalue weighted by atomic mass is 10.1. The quantitative estimate of drug-likeness (QED) is 0.525. The summed E-state index contributed by atoms with van der Waals surface area (Å²) in [6.45, 7) is 0. The minimum absolute atomic E-state index is 0.382. The maximum absolute atomic E-state index is 12.4. The van der Waals surface area contributed by atoms with Crippen molar-refractivity contribution in [3.8, 4) is 11.3 Å². The Labute approximate surface area is 138 Å². The molecule has 0 radical (unpaired) electrons. The Morgan fingerprint density at radius 3 is 2.48 bits per heavy atom. The van der Waals surface area contributed by atoms with Gasteiger partial charge in [-0.1, -0.05) is 18.2 Å². The summed E-state index contributed by atoms with van der Waals surface area (Å²) < 4.78 is 17.8. The molecule has 0 amide bonds. The molecule has 1 aromatic carbocycles. The Hall–Kier alpha value is -2.15. The highest BCUT2D eigenvalue weighted by Crippen LogP contribution is 2.38. The number of nitrogens with zero attached hydrogens (tertiary/aromatic N) is 1. The molecular weight excluding hydrogens is 314 g/mol. The first-order valence-electron chi connectivity index (χ1n) is 7.02. The number of ether oxygens (including phenoxy) is 3. The van der Waals surface area contributed by atoms with Gasteiger partial charge in [0.2, 0.25) is 6.41 Å². The minimum atomic E-state index is -0.645. The van der Waals surface area contributed by atoms with Gasteiger partial charge in [0.1, 0.15) is 0 Å². The van der Waals surface area contributed by atoms with Crippen molar-refractivity contribution >= 4 is 28.2 Å². The molecule has 0 saturated heterocycles. The zero-order valence-corrected chi connectivity index (χ0v) is 13.9. The largest absolute Gasteiger partial charge is 0.465 e. The number of para-hydroxylation sites is 1. The molecule has 0 N–H and O–H groups in total. The van der Waals surface area contributed by atoms with Gasteiger partial charge < -0.3 is 14.2 Å². The van der Waals surface area contributed by atoms with Gasteiger partial charge in [-0.2, -0.15) is 11.3 Å². The number of esters is 1. The zero-order chi connectivity index (χ0) is 16.4. The standard InChI is InChI=1S/C17H17NO4S/c1-20-16(19)14-12-6-4-5-7-13(12)18(17(21-2)22-3)15(14)11-8-9-23-10-11/h4-10,17H,1-3H3. The molecule has 0 aliphatic heterocycles. The van der Waals surface area contributed by atoms with E-state index in [0.717, 1.165) is 22.2 Å². The Morgan fingerprint density at radius 1 is 1.13 bits per heavy atom. The SMILES string of the molecule is COC(=O)c1c(-c2ccsc2)n(C(OC)OC)c2ccccc12. The van der Waals surface area contributed by atoms with Crippen LogP contribution in [0.4, 0.5) is 0 Å². The molecule has 0 bridgehead atoms. The summed E-state index contributed by atoms with van der Waals surface area (Å²) in [6, 6.07) is 9.61. The number of hydrogen-bond donors (Lipinski definition) is 0. The van der Waals surface area contributed by atoms with E-state index >= 15 is 0 Å². The molecule has 0 saturated carbocycles. The summed E-state index contributed by atoms with van der Waals surface area (Å²) in [7, 11) is 4.52. The smallest absolute Gasteiger partial charge is 0.340 e. The molecule has 0 spiro atoms. The molecule has 0 aliphatic rings. The summed E-state index contributed by atoms with van der Waals surface area (Å²) >= 11 is 1.56. The van der Waals surface area contributed by atoms with Gasteiger partial charge in [0.05, 0.1) is 23.9 Å². The molecule has 6 heteroatoms. The van der Waals surface area contributed by atoms with Crippen LogP contribution >= 0.6 is 11.3 Å². The van der Waals surface area contributed by atoms with Crippen molar-refractivity contribution in [2.75, 3.05) is 21.3 Å². The Balaban J connectivity index is 2.44. The molecule has 120 valence electrons. The fourth-order valence-electron chi connectivity index (χ4n) is 2.78. The van der Waals surface area contributed by atoms with Gasteiger partial charge in [-0.15, -0.1) is 0 Å². The number of fused-ring (bicyclic) bond motifs is 1. The van der Waals surface area contributed by atoms with Crippen molar-refractivity contribution in [2.45, 2.75) is 6.41 Å². The van der Waals surface area contributed by atoms with E-state index in [2.05, 4.69) is 0 Å². The number of hydrogen-bond acceptors (Lipinski definition) is 5. The van der Waals surface area contributed by atoms with Crippen LogP contribution in [-0.4, -0.2) is 31.9 Å². The monoisotopic (exact) mass is 331 g/mol. The van der Waals surface area contributed by atoms with Crippen molar-refractivity contribution in [3.05, 3.63) is 46.7 Å². The number of methoxy groups -OCH3 is 3. The topological polar surface area (TPSA) is 49.7 Å². The van der Waals surface area contributed by atoms with Crippen molar-refractivity contribution in [1.82, 2.24) is 4.57 Å². The molecule has 0 aliphatic carbocycles. The molecule has 3 rings (SSSR count). The van der Waals surface area contributed by atoms with Crippen molar-refractivity contribution in [1.29, 1.82) is 0 Å². The average molecular weight is 331 g/mol. The summed E-state index contributed by atoms with van der Waals surface area (Å²) in [5.41, 5.74) is 3.02. The van der Waals surface area contributed by atoms with Gasteiger partial charge in [-0.05, 0) is 17.5 Å². The van der Waals surface area contributed by atoms with Crippen LogP contribution in [0.25, 0.3) is 22.2 Å². The van der Waals surface area contributed by atoms with Crippen molar-refractivity contribution in [2.24, 2.45) is 0 Å². The van der Waals surface area contributed by atoms with E-state index in [0.29, 0.717) is 5.56 Å². The summed E-state index contributed by atoms with van der Waals surface area (Å²) in [4.78, 5) is 12.4. The predicted octanol–water partition coefficient (Wildman–Crippen LogP) is 3.91. The van der Waals surface area contributed by atoms with E-state index in [4.69, 9.17) is 14.2 Å². The van der Waals surface area contributed by atoms with Crippen LogP contribution in [0.5, 0.6) is 0 Å². The molecule has 0 fully saturated rings. The molecule has 2 heterocycles. The van der Waals surface area contributed by atoms with Gasteiger partial charge in [-0.25, -0.2) is 4.79 Å². The van der Waals surface area contributed by atoms with E-state index in [1.54, 1.807) is 25.6 Å². The lowest BCUT2D eigenvalue weighted by Gasteiger charge is -2.19. The fourth-order valence-corrected chi connectivity index (χ4v) is 3.42. The number of aromatic nitrogens is 1. The van der Waals surface area contributed by atoms with Crippen LogP contribution in [0.15, 0.2) is 41.1 Å². The highest BCUT2D eigenvalue weighted by Gasteiger charge is 2.27. The maximum atomic E-state index is 12.4. The lowest BCUT2D eigenvalue weighted by Crippen LogP contribution is -2.15. The van der Waals surface area contributed by atoms with E-state index in [1.165, 1.54) is 7.11 Å². The summed E-state index contributed by atoms with van der Waals surface area (Å²) in [5.74, 6) is -0.382. The summed E-state index contributed by atoms with van der Waals surface area (Å²) in [5, 5.41) is 4.76. The van der Waals surface area contributed by atoms with Crippen LogP contribution in [0.3, 0.4) is 0 Å². The number of carbonyl (C=O) groups is 1. The van der Waals surface area contributed by atoms with E-state index in [1.807, 2.05) is 45.7 Å². The maximum Gasteiger partial charge on any atom is 0.340 e. The van der Waals surface area contributed by atoms with Gasteiger partial charge >= 0.3 is 5.97 Å². The van der Waals surface area contributed by atoms with Crippen LogP contribution < -0.4 is 0 Å². The van der Waals surface area contributed by atoms with E-state index in [-0.39, 0.29) is 5.97 Å². The molecule has 0 atom stereocenters. The van der Waals surface area contributed by atoms with Crippen LogP contribution in [0.2, 0.25) is 0 Å². The van der Waals surface area contributed by atoms with Crippen molar-refractivity contribution < 1.29 is 19.0 Å². The fraction of sp³-hybridized carbons (Fsp3) is 0.235. The molecule has 3 aromatic rings. The highest BCUT2D eigenvalue weighted by molar-refractivity contribution is 7.08. The average Bonchev–Trinajstić information content (AvgIpc) is 3.21. The Morgan fingerprint density at radius 2 is 1.87 bits per heavy atom. The molecule has 0 unspecified atom stereocenters. The molecule has 23 heavy (non-hydrogen) atoms. The third kappa shape index (κ3) is 2.55. The second kappa shape index (κ2) is 6.54. The second-order valence-electron chi connectivity index (χ2n) is 4.89. The van der Waals surface area contributed by atoms with Crippen molar-refractivity contribution in [3.63, 3.8) is 0 Å². The number of carbonyl (C=O) groups excluding carboxylic acids is 1. The third-order valence-corrected chi connectivity index (χ3v) is 4.39. The van der Waals surface area contributed by atoms with Crippen LogP contribution in [0.1, 0.15) is 16.8 Å². The first-order valence-corrected chi connectivity index (χ1v) is 7.96. The lowest BCUT2D eigenvalue weighted by molar-refractivity contribution is -0.152. The van der Waals surface area contributed by atoms with E-state index < -0.39 is 6.41 Å². The van der Waals surface area contributed by atoms with Crippen LogP contribution in [-0.2, 0) is 14.2 Å². The van der Waals surface area contributed by atoms with Crippen LogP contribution in [0, 0.1) is 0 Å². The van der Waals surface area contributed by atoms with E-state index in [9.17, 15) is 4.79 Å². The first-order chi connectivity index (χ1) is 11.2. The van der Waals surface area contributed by atoms with Gasteiger partial charge in [0.25, 0.3) is 0 Å². The summed E-state index contributed by atoms with van der Waals surface area (Å²) in [6.07, 6.45) is -0.645. The zero-order valence-electron chi connectivity index (χ0n) is 13.1. The Bertz CT molecular complexity index is 819. The predicted molar refractivity (Wildman–Crippen MR) is 89.6 cm³/mol. The number of thiophene rings is 1. The number of benzene rings is 1. The molecular formula is C17H17NO4S. The van der Waals surface area contributed by atoms with Gasteiger partial charge in [-0.3, -0.25) is 4.57 Å². The second-order valence-corrected chi connectivity index (χ2v) is 5.67. The third-order valence-electron chi connectivity index (χ3n) is 3.71. The first kappa shape index (κ1) is 15.7. The highest BCUT2D eigenvalue weighted by atomic mass is 32.1. The van der Waals surface area contributed by atoms with Gasteiger partial charge in [0, 0.05) is 30.5 Å². The molecule has 2 aromatic heterocycles. The normalized spacial score (nSPS) is 11.3. The molecule has 5 nitrogen and oxygen atoms in total. The Kier molecular flexibility index (Phi) is 4.47. The number of rotatable bonds is 5.